The van der Waals surface area contributed by atoms with Crippen molar-refractivity contribution < 1.29 is 13.9 Å². The van der Waals surface area contributed by atoms with Crippen LogP contribution >= 0.6 is 0 Å². The summed E-state index contributed by atoms with van der Waals surface area (Å²) in [5.74, 6) is -0.384. The van der Waals surface area contributed by atoms with E-state index in [4.69, 9.17) is 10.5 Å². The van der Waals surface area contributed by atoms with E-state index in [1.165, 1.54) is 6.07 Å². The lowest BCUT2D eigenvalue weighted by Gasteiger charge is -2.39. The van der Waals surface area contributed by atoms with Crippen LogP contribution in [0, 0.1) is 5.82 Å². The zero-order chi connectivity index (χ0) is 16.2. The Hall–Kier alpha value is -1.50. The summed E-state index contributed by atoms with van der Waals surface area (Å²) in [5, 5.41) is 0. The summed E-state index contributed by atoms with van der Waals surface area (Å²) in [5.41, 5.74) is 6.45. The van der Waals surface area contributed by atoms with Gasteiger partial charge in [0.15, 0.2) is 0 Å². The first-order valence-electron chi connectivity index (χ1n) is 8.27. The Balaban J connectivity index is 1.88. The Bertz CT molecular complexity index is 548. The van der Waals surface area contributed by atoms with Gasteiger partial charge in [0.05, 0.1) is 13.2 Å². The molecule has 0 saturated carbocycles. The third kappa shape index (κ3) is 3.71. The van der Waals surface area contributed by atoms with E-state index in [-0.39, 0.29) is 17.8 Å². The molecule has 23 heavy (non-hydrogen) atoms. The molecule has 3 rings (SSSR count). The molecule has 0 spiro atoms. The molecule has 126 valence electrons. The average molecular weight is 321 g/mol. The molecule has 0 aromatic heterocycles. The molecular weight excluding hydrogens is 297 g/mol. The van der Waals surface area contributed by atoms with Crippen molar-refractivity contribution in [2.75, 3.05) is 39.4 Å². The zero-order valence-electron chi connectivity index (χ0n) is 13.3. The number of ether oxygens (including phenoxy) is 1. The Kier molecular flexibility index (Phi) is 5.25. The third-order valence-electron chi connectivity index (χ3n) is 4.61. The van der Waals surface area contributed by atoms with Gasteiger partial charge in [-0.05, 0) is 18.9 Å². The molecular formula is C17H24FN3O2. The number of hydrogen-bond donors (Lipinski definition) is 1. The maximum absolute atomic E-state index is 14.3. The van der Waals surface area contributed by atoms with Gasteiger partial charge >= 0.3 is 0 Å². The molecule has 1 aromatic carbocycles. The molecule has 2 fully saturated rings. The van der Waals surface area contributed by atoms with Crippen LogP contribution in [0.25, 0.3) is 0 Å². The lowest BCUT2D eigenvalue weighted by Crippen LogP contribution is -2.52. The van der Waals surface area contributed by atoms with Crippen LogP contribution in [0.5, 0.6) is 0 Å². The summed E-state index contributed by atoms with van der Waals surface area (Å²) in [4.78, 5) is 16.9. The molecule has 1 aromatic rings. The molecule has 2 saturated heterocycles. The number of halogens is 1. The largest absolute Gasteiger partial charge is 0.379 e. The molecule has 5 nitrogen and oxygen atoms in total. The highest BCUT2D eigenvalue weighted by Gasteiger charge is 2.35. The molecule has 1 amide bonds. The van der Waals surface area contributed by atoms with Crippen molar-refractivity contribution in [3.8, 4) is 0 Å². The number of piperidine rings is 1. The van der Waals surface area contributed by atoms with Crippen molar-refractivity contribution in [3.63, 3.8) is 0 Å². The molecule has 0 radical (unpaired) electrons. The Morgan fingerprint density at radius 3 is 2.70 bits per heavy atom. The van der Waals surface area contributed by atoms with Crippen molar-refractivity contribution in [1.29, 1.82) is 0 Å². The number of hydrogen-bond acceptors (Lipinski definition) is 4. The number of nitrogens with zero attached hydrogens (tertiary/aromatic N) is 2. The number of morpholine rings is 1. The molecule has 2 atom stereocenters. The number of carbonyl (C=O) groups is 1. The number of nitrogens with two attached hydrogens (primary N) is 1. The SMILES string of the molecule is N[C@H]1CCCN(C(=O)[C@H](c2ccccc2F)N2CCOCC2)C1. The van der Waals surface area contributed by atoms with Gasteiger partial charge < -0.3 is 15.4 Å². The van der Waals surface area contributed by atoms with Crippen molar-refractivity contribution in [2.24, 2.45) is 5.73 Å². The summed E-state index contributed by atoms with van der Waals surface area (Å²) in [6.07, 6.45) is 1.84. The molecule has 0 aliphatic carbocycles. The molecule has 2 N–H and O–H groups in total. The quantitative estimate of drug-likeness (QED) is 0.907. The van der Waals surface area contributed by atoms with E-state index in [9.17, 15) is 9.18 Å². The van der Waals surface area contributed by atoms with Gasteiger partial charge in [-0.1, -0.05) is 18.2 Å². The van der Waals surface area contributed by atoms with Gasteiger partial charge in [-0.3, -0.25) is 9.69 Å². The highest BCUT2D eigenvalue weighted by atomic mass is 19.1. The molecule has 2 aliphatic heterocycles. The van der Waals surface area contributed by atoms with Gasteiger partial charge in [0.2, 0.25) is 5.91 Å². The second-order valence-electron chi connectivity index (χ2n) is 6.26. The van der Waals surface area contributed by atoms with Crippen LogP contribution in [0.15, 0.2) is 24.3 Å². The molecule has 2 heterocycles. The minimum atomic E-state index is -0.592. The molecule has 2 aliphatic rings. The van der Waals surface area contributed by atoms with Gasteiger partial charge in [-0.25, -0.2) is 4.39 Å². The normalized spacial score (nSPS) is 24.4. The maximum atomic E-state index is 14.3. The standard InChI is InChI=1S/C17H24FN3O2/c18-15-6-2-1-5-14(15)16(20-8-10-23-11-9-20)17(22)21-7-3-4-13(19)12-21/h1-2,5-6,13,16H,3-4,7-12,19H2/t13-,16-/m0/s1. The number of benzene rings is 1. The smallest absolute Gasteiger partial charge is 0.244 e. The highest BCUT2D eigenvalue weighted by molar-refractivity contribution is 5.83. The minimum absolute atomic E-state index is 0.0126. The van der Waals surface area contributed by atoms with Crippen molar-refractivity contribution in [3.05, 3.63) is 35.6 Å². The summed E-state index contributed by atoms with van der Waals surface area (Å²) >= 11 is 0. The molecule has 0 unspecified atom stereocenters. The van der Waals surface area contributed by atoms with Crippen LogP contribution in [-0.2, 0) is 9.53 Å². The monoisotopic (exact) mass is 321 g/mol. The van der Waals surface area contributed by atoms with Crippen LogP contribution in [0.4, 0.5) is 4.39 Å². The minimum Gasteiger partial charge on any atom is -0.379 e. The van der Waals surface area contributed by atoms with Gasteiger partial charge in [0, 0.05) is 37.8 Å². The second-order valence-corrected chi connectivity index (χ2v) is 6.26. The van der Waals surface area contributed by atoms with Crippen LogP contribution in [-0.4, -0.2) is 61.1 Å². The highest BCUT2D eigenvalue weighted by Crippen LogP contribution is 2.27. The van der Waals surface area contributed by atoms with Crippen LogP contribution in [0.2, 0.25) is 0 Å². The lowest BCUT2D eigenvalue weighted by atomic mass is 10.00. The van der Waals surface area contributed by atoms with Gasteiger partial charge in [0.1, 0.15) is 11.9 Å². The topological polar surface area (TPSA) is 58.8 Å². The fourth-order valence-electron chi connectivity index (χ4n) is 3.40. The summed E-state index contributed by atoms with van der Waals surface area (Å²) in [6.45, 7) is 3.64. The third-order valence-corrected chi connectivity index (χ3v) is 4.61. The van der Waals surface area contributed by atoms with E-state index in [1.54, 1.807) is 23.1 Å². The Morgan fingerprint density at radius 1 is 1.26 bits per heavy atom. The number of rotatable bonds is 3. The van der Waals surface area contributed by atoms with Crippen molar-refractivity contribution >= 4 is 5.91 Å². The number of amides is 1. The number of carbonyl (C=O) groups excluding carboxylic acids is 1. The van der Waals surface area contributed by atoms with E-state index < -0.39 is 6.04 Å². The first-order chi connectivity index (χ1) is 11.2. The molecule has 6 heteroatoms. The van der Waals surface area contributed by atoms with Crippen molar-refractivity contribution in [2.45, 2.75) is 24.9 Å². The van der Waals surface area contributed by atoms with Gasteiger partial charge in [0.25, 0.3) is 0 Å². The summed E-state index contributed by atoms with van der Waals surface area (Å²) in [6, 6.07) is 5.97. The fraction of sp³-hybridized carbons (Fsp3) is 0.588. The van der Waals surface area contributed by atoms with Crippen LogP contribution in [0.1, 0.15) is 24.4 Å². The van der Waals surface area contributed by atoms with Crippen molar-refractivity contribution in [1.82, 2.24) is 9.80 Å². The predicted molar refractivity (Wildman–Crippen MR) is 85.3 cm³/mol. The zero-order valence-corrected chi connectivity index (χ0v) is 13.3. The van der Waals surface area contributed by atoms with E-state index in [2.05, 4.69) is 0 Å². The summed E-state index contributed by atoms with van der Waals surface area (Å²) < 4.78 is 19.7. The number of likely N-dealkylation sites (tertiary alicyclic amines) is 1. The predicted octanol–water partition coefficient (Wildman–Crippen LogP) is 1.15. The van der Waals surface area contributed by atoms with E-state index >= 15 is 0 Å². The first-order valence-corrected chi connectivity index (χ1v) is 8.27. The summed E-state index contributed by atoms with van der Waals surface area (Å²) in [7, 11) is 0. The van der Waals surface area contributed by atoms with Gasteiger partial charge in [-0.15, -0.1) is 0 Å². The van der Waals surface area contributed by atoms with Crippen LogP contribution in [0.3, 0.4) is 0 Å². The first kappa shape index (κ1) is 16.4. The van der Waals surface area contributed by atoms with E-state index in [0.717, 1.165) is 12.8 Å². The second kappa shape index (κ2) is 7.38. The average Bonchev–Trinajstić information content (AvgIpc) is 2.58. The maximum Gasteiger partial charge on any atom is 0.244 e. The van der Waals surface area contributed by atoms with E-state index in [0.29, 0.717) is 45.0 Å². The molecule has 0 bridgehead atoms. The van der Waals surface area contributed by atoms with E-state index in [1.807, 2.05) is 4.90 Å². The fourth-order valence-corrected chi connectivity index (χ4v) is 3.40. The Labute approximate surface area is 136 Å². The van der Waals surface area contributed by atoms with Gasteiger partial charge in [-0.2, -0.15) is 0 Å². The lowest BCUT2D eigenvalue weighted by molar-refractivity contribution is -0.140. The Morgan fingerprint density at radius 2 is 2.00 bits per heavy atom. The van der Waals surface area contributed by atoms with Crippen LogP contribution < -0.4 is 5.73 Å².